The molecule has 3 heterocycles. The number of carbonyl (C=O) groups excluding carboxylic acids is 11. The van der Waals surface area contributed by atoms with Gasteiger partial charge in [-0.05, 0) is 98.1 Å². The minimum Gasteiger partial charge on any atom is -0.445 e. The molecule has 2 aromatic rings. The summed E-state index contributed by atoms with van der Waals surface area (Å²) in [5.74, 6) is -3.31. The fourth-order valence-electron chi connectivity index (χ4n) is 10.5. The van der Waals surface area contributed by atoms with Gasteiger partial charge < -0.3 is 56.9 Å². The van der Waals surface area contributed by atoms with Gasteiger partial charge in [0.2, 0.25) is 29.5 Å². The molecule has 0 bridgehead atoms. The first-order chi connectivity index (χ1) is 37.3. The van der Waals surface area contributed by atoms with Gasteiger partial charge in [-0.1, -0.05) is 44.5 Å². The first-order valence-corrected chi connectivity index (χ1v) is 26.6. The van der Waals surface area contributed by atoms with E-state index in [1.807, 2.05) is 6.07 Å². The Kier molecular flexibility index (Phi) is 19.6. The molecule has 6 atom stereocenters. The normalized spacial score (nSPS) is 20.8. The number of urea groups is 2. The molecule has 13 amide bonds. The van der Waals surface area contributed by atoms with Crippen molar-refractivity contribution in [1.82, 2.24) is 46.6 Å². The third kappa shape index (κ3) is 15.0. The first-order valence-electron chi connectivity index (χ1n) is 26.6. The second-order valence-corrected chi connectivity index (χ2v) is 21.0. The summed E-state index contributed by atoms with van der Waals surface area (Å²) in [5, 5.41) is 19.1. The summed E-state index contributed by atoms with van der Waals surface area (Å²) in [6.45, 7) is 5.46. The lowest BCUT2D eigenvalue weighted by Crippen LogP contribution is -2.67. The highest BCUT2D eigenvalue weighted by Crippen LogP contribution is 2.61. The number of rotatable bonds is 27. The molecule has 2 aliphatic carbocycles. The number of nitrogens with one attached hydrogen (secondary N) is 7. The van der Waals surface area contributed by atoms with E-state index >= 15 is 0 Å². The van der Waals surface area contributed by atoms with E-state index in [1.54, 1.807) is 57.3 Å². The first kappa shape index (κ1) is 57.8. The third-order valence-corrected chi connectivity index (χ3v) is 15.1. The highest BCUT2D eigenvalue weighted by Gasteiger charge is 2.60. The zero-order valence-corrected chi connectivity index (χ0v) is 44.3. The van der Waals surface area contributed by atoms with Crippen LogP contribution in [-0.4, -0.2) is 144 Å². The maximum absolute atomic E-state index is 13.6. The number of likely N-dealkylation sites (N-methyl/N-ethyl adjacent to an activating group) is 1. The van der Waals surface area contributed by atoms with Crippen LogP contribution in [0.3, 0.4) is 0 Å². The number of anilines is 1. The van der Waals surface area contributed by atoms with Crippen LogP contribution in [0, 0.1) is 17.3 Å². The van der Waals surface area contributed by atoms with Gasteiger partial charge in [-0.15, -0.1) is 0 Å². The van der Waals surface area contributed by atoms with E-state index in [4.69, 9.17) is 15.2 Å². The lowest BCUT2D eigenvalue weighted by atomic mass is 9.45. The summed E-state index contributed by atoms with van der Waals surface area (Å²) in [6.07, 6.45) is 7.18. The highest BCUT2D eigenvalue weighted by molar-refractivity contribution is 6.13. The molecule has 9 N–H and O–H groups in total. The number of nitrogens with zero attached hydrogens (tertiary/aromatic N) is 3. The van der Waals surface area contributed by atoms with E-state index in [1.165, 1.54) is 22.0 Å². The number of piperidine rings is 1. The van der Waals surface area contributed by atoms with Gasteiger partial charge in [0.15, 0.2) is 0 Å². The molecule has 1 saturated heterocycles. The number of benzene rings is 2. The Hall–Kier alpha value is -7.89. The summed E-state index contributed by atoms with van der Waals surface area (Å²) in [6, 6.07) is 8.23. The highest BCUT2D eigenvalue weighted by atomic mass is 16.6. The van der Waals surface area contributed by atoms with E-state index in [0.29, 0.717) is 49.1 Å². The van der Waals surface area contributed by atoms with Crippen molar-refractivity contribution in [3.05, 3.63) is 76.9 Å². The fraction of sp³-hybridized carbons (Fsp3) is 0.537. The molecule has 0 aromatic heterocycles. The number of ether oxygens (including phenoxy) is 2. The predicted octanol–water partition coefficient (Wildman–Crippen LogP) is 2.20. The van der Waals surface area contributed by atoms with Gasteiger partial charge in [-0.2, -0.15) is 0 Å². The van der Waals surface area contributed by atoms with E-state index in [2.05, 4.69) is 37.2 Å². The Balaban J connectivity index is 0.776. The van der Waals surface area contributed by atoms with Crippen LogP contribution in [0.4, 0.5) is 20.1 Å². The Morgan fingerprint density at radius 2 is 1.63 bits per heavy atom. The Labute approximate surface area is 452 Å². The van der Waals surface area contributed by atoms with Crippen LogP contribution in [0.2, 0.25) is 0 Å². The van der Waals surface area contributed by atoms with Crippen LogP contribution >= 0.6 is 0 Å². The summed E-state index contributed by atoms with van der Waals surface area (Å²) >= 11 is 0. The molecular weight excluding hydrogens is 1010 g/mol. The second kappa shape index (κ2) is 26.4. The molecule has 0 spiro atoms. The zero-order valence-electron chi connectivity index (χ0n) is 44.3. The van der Waals surface area contributed by atoms with Gasteiger partial charge in [0, 0.05) is 87.5 Å². The van der Waals surface area contributed by atoms with Gasteiger partial charge in [0.25, 0.3) is 17.7 Å². The molecular formula is C54H71N11O13. The number of carbonyl (C=O) groups is 11. The zero-order chi connectivity index (χ0) is 56.1. The maximum atomic E-state index is 13.6. The molecule has 4 unspecified atom stereocenters. The van der Waals surface area contributed by atoms with Crippen molar-refractivity contribution in [1.29, 1.82) is 0 Å². The van der Waals surface area contributed by atoms with Gasteiger partial charge in [0.1, 0.15) is 24.7 Å². The number of primary amides is 1. The van der Waals surface area contributed by atoms with E-state index < -0.39 is 48.0 Å². The quantitative estimate of drug-likeness (QED) is 0.0471. The number of amides is 13. The SMILES string of the molecule is CC(C)[C@H](NC(=O)CCCCCN1C(=O)C=CC1=O)C(=O)N[C@@H](CCCNC(N)=O)C(=O)Nc1ccc(COC(=O)N(C)CCOCC23CCC2C(NC(=O)NCc2ccc4c(c2)CN(C2CCC(=O)NC2=O)C4=O)C3)cc1. The molecule has 24 heteroatoms. The summed E-state index contributed by atoms with van der Waals surface area (Å²) in [5.41, 5.74) is 8.31. The number of unbranched alkanes of at least 4 members (excludes halogenated alkanes) is 2. The van der Waals surface area contributed by atoms with Crippen LogP contribution < -0.4 is 43.0 Å². The topological polar surface area (TPSA) is 326 Å². The van der Waals surface area contributed by atoms with Crippen LogP contribution in [-0.2, 0) is 62.7 Å². The Bertz CT molecular complexity index is 2640. The molecule has 3 fully saturated rings. The van der Waals surface area contributed by atoms with E-state index in [9.17, 15) is 52.7 Å². The molecule has 420 valence electrons. The largest absolute Gasteiger partial charge is 0.445 e. The van der Waals surface area contributed by atoms with Crippen molar-refractivity contribution in [2.24, 2.45) is 23.0 Å². The molecule has 2 aromatic carbocycles. The van der Waals surface area contributed by atoms with E-state index in [-0.39, 0.29) is 130 Å². The van der Waals surface area contributed by atoms with Crippen molar-refractivity contribution in [2.45, 2.75) is 128 Å². The Morgan fingerprint density at radius 1 is 0.885 bits per heavy atom. The number of imide groups is 2. The Morgan fingerprint density at radius 3 is 2.31 bits per heavy atom. The summed E-state index contributed by atoms with van der Waals surface area (Å²) in [7, 11) is 1.61. The molecule has 24 nitrogen and oxygen atoms in total. The second-order valence-electron chi connectivity index (χ2n) is 21.0. The van der Waals surface area contributed by atoms with Crippen molar-refractivity contribution in [3.8, 4) is 0 Å². The molecule has 7 rings (SSSR count). The predicted molar refractivity (Wildman–Crippen MR) is 280 cm³/mol. The smallest absolute Gasteiger partial charge is 0.409 e. The van der Waals surface area contributed by atoms with Crippen molar-refractivity contribution >= 4 is 71.1 Å². The van der Waals surface area contributed by atoms with Crippen molar-refractivity contribution in [2.75, 3.05) is 45.2 Å². The van der Waals surface area contributed by atoms with E-state index in [0.717, 1.165) is 35.3 Å². The third-order valence-electron chi connectivity index (χ3n) is 15.1. The number of hydrogen-bond donors (Lipinski definition) is 8. The average Bonchev–Trinajstić information content (AvgIpc) is 3.97. The maximum Gasteiger partial charge on any atom is 0.409 e. The molecule has 3 aliphatic heterocycles. The number of nitrogens with two attached hydrogens (primary N) is 1. The lowest BCUT2D eigenvalue weighted by molar-refractivity contribution is -0.150. The molecule has 0 radical (unpaired) electrons. The van der Waals surface area contributed by atoms with Gasteiger partial charge in [-0.3, -0.25) is 48.6 Å². The lowest BCUT2D eigenvalue weighted by Gasteiger charge is -2.63. The summed E-state index contributed by atoms with van der Waals surface area (Å²) < 4.78 is 11.6. The number of hydrogen-bond acceptors (Lipinski definition) is 13. The monoisotopic (exact) mass is 1080 g/mol. The van der Waals surface area contributed by atoms with Gasteiger partial charge in [-0.25, -0.2) is 14.4 Å². The minimum absolute atomic E-state index is 0.00635. The van der Waals surface area contributed by atoms with Crippen molar-refractivity contribution < 1.29 is 62.2 Å². The summed E-state index contributed by atoms with van der Waals surface area (Å²) in [4.78, 5) is 142. The minimum atomic E-state index is -1.05. The van der Waals surface area contributed by atoms with Crippen LogP contribution in [0.15, 0.2) is 54.6 Å². The van der Waals surface area contributed by atoms with Crippen molar-refractivity contribution in [3.63, 3.8) is 0 Å². The van der Waals surface area contributed by atoms with Crippen LogP contribution in [0.1, 0.15) is 112 Å². The van der Waals surface area contributed by atoms with Crippen LogP contribution in [0.25, 0.3) is 0 Å². The molecule has 78 heavy (non-hydrogen) atoms. The fourth-order valence-corrected chi connectivity index (χ4v) is 10.5. The standard InChI is InChI=1S/C54H71N11O13/c1-32(2)46(61-42(66)9-5-4-6-23-64-44(68)18-19-45(64)69)49(72)59-39(8-7-22-56-51(55)74)47(70)58-36-13-10-33(11-14-36)30-78-53(76)63(3)24-25-77-31-54-21-20-38(54)40(27-54)60-52(75)57-28-34-12-15-37-35(26-34)29-65(50(37)73)41-16-17-43(67)62-48(41)71/h10-15,18-19,26,32,38-41,46H,4-9,16-17,20-25,27-31H2,1-3H3,(H,58,70)(H,59,72)(H,61,66)(H3,55,56,74)(H2,57,60,75)(H,62,67,71)/t38?,39-,40?,41?,46-,54?/m0/s1. The van der Waals surface area contributed by atoms with Gasteiger partial charge >= 0.3 is 18.2 Å². The van der Waals surface area contributed by atoms with Gasteiger partial charge in [0.05, 0.1) is 13.2 Å². The van der Waals surface area contributed by atoms with Crippen LogP contribution in [0.5, 0.6) is 0 Å². The molecule has 2 saturated carbocycles. The average molecular weight is 1080 g/mol. The molecule has 5 aliphatic rings. The number of fused-ring (bicyclic) bond motifs is 2.